The second-order valence-corrected chi connectivity index (χ2v) is 3.81. The molecule has 0 bridgehead atoms. The van der Waals surface area contributed by atoms with Crippen molar-refractivity contribution in [3.8, 4) is 5.75 Å². The number of carbonyl (C=O) groups is 1. The molecule has 0 unspecified atom stereocenters. The van der Waals surface area contributed by atoms with Crippen molar-refractivity contribution in [2.24, 2.45) is 0 Å². The van der Waals surface area contributed by atoms with E-state index in [1.54, 1.807) is 0 Å². The summed E-state index contributed by atoms with van der Waals surface area (Å²) in [6.07, 6.45) is -1.11. The highest BCUT2D eigenvalue weighted by molar-refractivity contribution is 6.00. The van der Waals surface area contributed by atoms with Crippen LogP contribution in [0.4, 0.5) is 0 Å². The third kappa shape index (κ3) is 2.02. The molecule has 0 aliphatic carbocycles. The van der Waals surface area contributed by atoms with Gasteiger partial charge in [-0.15, -0.1) is 0 Å². The Hall–Kier alpha value is -1.85. The molecule has 1 heterocycles. The number of Topliss-reactive ketones (excluding diaryl/α,β-unsaturated/α-hetero) is 1. The molecule has 90 valence electrons. The molecule has 1 aromatic heterocycles. The van der Waals surface area contributed by atoms with E-state index in [1.165, 1.54) is 25.1 Å². The fourth-order valence-corrected chi connectivity index (χ4v) is 1.63. The van der Waals surface area contributed by atoms with Gasteiger partial charge < -0.3 is 19.7 Å². The molecule has 1 aromatic carbocycles. The Labute approximate surface area is 96.9 Å². The van der Waals surface area contributed by atoms with Gasteiger partial charge in [0.2, 0.25) is 0 Å². The average Bonchev–Trinajstić information content (AvgIpc) is 2.69. The van der Waals surface area contributed by atoms with Gasteiger partial charge in [-0.25, -0.2) is 0 Å². The monoisotopic (exact) mass is 236 g/mol. The molecule has 0 aliphatic rings. The largest absolute Gasteiger partial charge is 0.507 e. The lowest BCUT2D eigenvalue weighted by molar-refractivity contribution is 0.0789. The Morgan fingerprint density at radius 1 is 1.41 bits per heavy atom. The Morgan fingerprint density at radius 3 is 2.71 bits per heavy atom. The molecular weight excluding hydrogens is 224 g/mol. The molecule has 0 saturated carbocycles. The van der Waals surface area contributed by atoms with Crippen LogP contribution < -0.4 is 0 Å². The quantitative estimate of drug-likeness (QED) is 0.700. The van der Waals surface area contributed by atoms with E-state index in [2.05, 4.69) is 0 Å². The number of hydrogen-bond donors (Lipinski definition) is 3. The van der Waals surface area contributed by atoms with Crippen molar-refractivity contribution in [3.63, 3.8) is 0 Å². The highest BCUT2D eigenvalue weighted by Gasteiger charge is 2.15. The molecule has 0 aliphatic heterocycles. The Morgan fingerprint density at radius 2 is 2.12 bits per heavy atom. The van der Waals surface area contributed by atoms with Crippen molar-refractivity contribution in [1.82, 2.24) is 0 Å². The van der Waals surface area contributed by atoms with Gasteiger partial charge in [0.1, 0.15) is 23.2 Å². The lowest BCUT2D eigenvalue weighted by Gasteiger charge is -2.00. The summed E-state index contributed by atoms with van der Waals surface area (Å²) in [6.45, 7) is 0.899. The molecule has 0 amide bonds. The van der Waals surface area contributed by atoms with Crippen molar-refractivity contribution in [2.45, 2.75) is 13.0 Å². The minimum absolute atomic E-state index is 0.163. The minimum Gasteiger partial charge on any atom is -0.507 e. The zero-order valence-corrected chi connectivity index (χ0v) is 9.17. The van der Waals surface area contributed by atoms with Crippen molar-refractivity contribution in [2.75, 3.05) is 6.61 Å². The number of aliphatic hydroxyl groups excluding tert-OH is 2. The number of carbonyl (C=O) groups excluding carboxylic acids is 1. The van der Waals surface area contributed by atoms with Crippen LogP contribution in [0.3, 0.4) is 0 Å². The maximum atomic E-state index is 11.2. The highest BCUT2D eigenvalue weighted by atomic mass is 16.4. The van der Waals surface area contributed by atoms with Crippen LogP contribution in [-0.2, 0) is 0 Å². The first-order chi connectivity index (χ1) is 8.02. The summed E-state index contributed by atoms with van der Waals surface area (Å²) in [4.78, 5) is 11.2. The summed E-state index contributed by atoms with van der Waals surface area (Å²) in [5, 5.41) is 28.4. The normalized spacial score (nSPS) is 12.9. The third-order valence-corrected chi connectivity index (χ3v) is 2.53. The predicted molar refractivity (Wildman–Crippen MR) is 59.9 cm³/mol. The summed E-state index contributed by atoms with van der Waals surface area (Å²) >= 11 is 0. The van der Waals surface area contributed by atoms with Gasteiger partial charge in [-0.1, -0.05) is 0 Å². The fourth-order valence-electron chi connectivity index (χ4n) is 1.63. The maximum Gasteiger partial charge on any atom is 0.163 e. The van der Waals surface area contributed by atoms with E-state index in [9.17, 15) is 15.0 Å². The van der Waals surface area contributed by atoms with Crippen LogP contribution in [0.15, 0.2) is 22.6 Å². The molecule has 1 atom stereocenters. The van der Waals surface area contributed by atoms with Crippen LogP contribution in [0, 0.1) is 0 Å². The van der Waals surface area contributed by atoms with Gasteiger partial charge >= 0.3 is 0 Å². The SMILES string of the molecule is CC(=O)c1cc2cc([C@H](O)CO)oc2cc1O. The standard InChI is InChI=1S/C12H12O5/c1-6(14)8-2-7-3-12(10(16)5-13)17-11(7)4-9(8)15/h2-4,10,13,15-16H,5H2,1H3/t10-/m1/s1. The second-order valence-electron chi connectivity index (χ2n) is 3.81. The van der Waals surface area contributed by atoms with E-state index in [-0.39, 0.29) is 22.9 Å². The first-order valence-electron chi connectivity index (χ1n) is 5.09. The van der Waals surface area contributed by atoms with Crippen LogP contribution in [-0.4, -0.2) is 27.7 Å². The first kappa shape index (κ1) is 11.6. The average molecular weight is 236 g/mol. The lowest BCUT2D eigenvalue weighted by Crippen LogP contribution is -1.99. The van der Waals surface area contributed by atoms with Crippen molar-refractivity contribution < 1.29 is 24.5 Å². The van der Waals surface area contributed by atoms with Gasteiger partial charge in [0.15, 0.2) is 5.78 Å². The third-order valence-electron chi connectivity index (χ3n) is 2.53. The van der Waals surface area contributed by atoms with Gasteiger partial charge in [-0.3, -0.25) is 4.79 Å². The van der Waals surface area contributed by atoms with Crippen molar-refractivity contribution in [3.05, 3.63) is 29.5 Å². The number of rotatable bonds is 3. The van der Waals surface area contributed by atoms with Crippen LogP contribution in [0.2, 0.25) is 0 Å². The number of furan rings is 1. The van der Waals surface area contributed by atoms with E-state index in [4.69, 9.17) is 9.52 Å². The van der Waals surface area contributed by atoms with Crippen LogP contribution in [0.5, 0.6) is 5.75 Å². The predicted octanol–water partition coefficient (Wildman–Crippen LogP) is 1.37. The van der Waals surface area contributed by atoms with Gasteiger partial charge in [-0.05, 0) is 19.1 Å². The summed E-state index contributed by atoms with van der Waals surface area (Å²) in [5.41, 5.74) is 0.554. The Bertz CT molecular complexity index is 570. The van der Waals surface area contributed by atoms with E-state index in [1.807, 2.05) is 0 Å². The van der Waals surface area contributed by atoms with Gasteiger partial charge in [0.05, 0.1) is 12.2 Å². The van der Waals surface area contributed by atoms with Gasteiger partial charge in [0.25, 0.3) is 0 Å². The Kier molecular flexibility index (Phi) is 2.87. The molecular formula is C12H12O5. The maximum absolute atomic E-state index is 11.2. The number of fused-ring (bicyclic) bond motifs is 1. The molecule has 0 fully saturated rings. The molecule has 17 heavy (non-hydrogen) atoms. The molecule has 5 heteroatoms. The summed E-state index contributed by atoms with van der Waals surface area (Å²) in [6, 6.07) is 4.34. The number of phenols is 1. The van der Waals surface area contributed by atoms with Gasteiger partial charge in [0, 0.05) is 11.5 Å². The van der Waals surface area contributed by atoms with E-state index >= 15 is 0 Å². The second kappa shape index (κ2) is 4.20. The van der Waals surface area contributed by atoms with Crippen molar-refractivity contribution in [1.29, 1.82) is 0 Å². The fraction of sp³-hybridized carbons (Fsp3) is 0.250. The summed E-state index contributed by atoms with van der Waals surface area (Å²) in [5.74, 6) is -0.221. The highest BCUT2D eigenvalue weighted by Crippen LogP contribution is 2.29. The number of aliphatic hydroxyl groups is 2. The molecule has 0 spiro atoms. The number of aromatic hydroxyl groups is 1. The summed E-state index contributed by atoms with van der Waals surface area (Å²) in [7, 11) is 0. The lowest BCUT2D eigenvalue weighted by atomic mass is 10.1. The van der Waals surface area contributed by atoms with Crippen molar-refractivity contribution >= 4 is 16.8 Å². The van der Waals surface area contributed by atoms with Crippen LogP contribution >= 0.6 is 0 Å². The number of phenolic OH excluding ortho intramolecular Hbond substituents is 1. The summed E-state index contributed by atoms with van der Waals surface area (Å²) < 4.78 is 5.25. The molecule has 2 aromatic rings. The molecule has 5 nitrogen and oxygen atoms in total. The first-order valence-corrected chi connectivity index (χ1v) is 5.09. The molecule has 0 radical (unpaired) electrons. The van der Waals surface area contributed by atoms with Gasteiger partial charge in [-0.2, -0.15) is 0 Å². The number of benzene rings is 1. The minimum atomic E-state index is -1.11. The van der Waals surface area contributed by atoms with E-state index < -0.39 is 12.7 Å². The van der Waals surface area contributed by atoms with Crippen LogP contribution in [0.1, 0.15) is 29.1 Å². The topological polar surface area (TPSA) is 90.9 Å². The Balaban J connectivity index is 2.58. The smallest absolute Gasteiger partial charge is 0.163 e. The van der Waals surface area contributed by atoms with E-state index in [0.29, 0.717) is 11.0 Å². The van der Waals surface area contributed by atoms with E-state index in [0.717, 1.165) is 0 Å². The molecule has 0 saturated heterocycles. The zero-order chi connectivity index (χ0) is 12.6. The molecule has 2 rings (SSSR count). The van der Waals surface area contributed by atoms with Crippen LogP contribution in [0.25, 0.3) is 11.0 Å². The number of ketones is 1. The molecule has 3 N–H and O–H groups in total. The zero-order valence-electron chi connectivity index (χ0n) is 9.17. The number of hydrogen-bond acceptors (Lipinski definition) is 5.